The summed E-state index contributed by atoms with van der Waals surface area (Å²) in [4.78, 5) is 30.5. The van der Waals surface area contributed by atoms with E-state index in [1.54, 1.807) is 11.9 Å². The van der Waals surface area contributed by atoms with Crippen LogP contribution in [0.5, 0.6) is 0 Å². The second-order valence-electron chi connectivity index (χ2n) is 2.48. The zero-order chi connectivity index (χ0) is 10.4. The zero-order valence-electron chi connectivity index (χ0n) is 7.46. The van der Waals surface area contributed by atoms with Crippen LogP contribution >= 0.6 is 0 Å². The fourth-order valence-electron chi connectivity index (χ4n) is 0.561. The monoisotopic (exact) mass is 185 g/mol. The number of aldehydes is 1. The van der Waals surface area contributed by atoms with Crippen molar-refractivity contribution in [2.45, 2.75) is 6.92 Å². The van der Waals surface area contributed by atoms with Crippen LogP contribution in [0.15, 0.2) is 0 Å². The highest BCUT2D eigenvalue weighted by molar-refractivity contribution is 6.23. The lowest BCUT2D eigenvalue weighted by molar-refractivity contribution is -0.128. The van der Waals surface area contributed by atoms with E-state index in [2.05, 4.69) is 5.32 Å². The van der Waals surface area contributed by atoms with Gasteiger partial charge in [0, 0.05) is 14.0 Å². The van der Waals surface area contributed by atoms with E-state index in [1.165, 1.54) is 6.92 Å². The van der Waals surface area contributed by atoms with Crippen LogP contribution < -0.4 is 5.32 Å². The quantitative estimate of drug-likeness (QED) is 0.395. The molecule has 1 saturated heterocycles. The Kier molecular flexibility index (Phi) is 4.36. The maximum atomic E-state index is 10.4. The maximum Gasteiger partial charge on any atom is 0.246 e. The Hall–Kier alpha value is -1.72. The van der Waals surface area contributed by atoms with Crippen molar-refractivity contribution < 1.29 is 14.4 Å². The number of carbonyl (C=O) groups is 3. The lowest BCUT2D eigenvalue weighted by Gasteiger charge is -2.03. The molecule has 0 aliphatic carbocycles. The third-order valence-corrected chi connectivity index (χ3v) is 1.19. The van der Waals surface area contributed by atoms with Crippen LogP contribution in [0.1, 0.15) is 6.92 Å². The number of ketones is 1. The first kappa shape index (κ1) is 11.3. The number of hydrogen-bond donors (Lipinski definition) is 2. The van der Waals surface area contributed by atoms with Crippen molar-refractivity contribution in [1.29, 1.82) is 5.41 Å². The van der Waals surface area contributed by atoms with Crippen LogP contribution in [0.4, 0.5) is 0 Å². The van der Waals surface area contributed by atoms with E-state index in [0.717, 1.165) is 0 Å². The number of likely N-dealkylation sites (N-methyl/N-ethyl adjacent to an activating group) is 1. The van der Waals surface area contributed by atoms with Crippen LogP contribution in [0.3, 0.4) is 0 Å². The van der Waals surface area contributed by atoms with Gasteiger partial charge in [0.05, 0.1) is 6.54 Å². The molecule has 13 heavy (non-hydrogen) atoms. The van der Waals surface area contributed by atoms with Crippen molar-refractivity contribution in [3.05, 3.63) is 0 Å². The van der Waals surface area contributed by atoms with Gasteiger partial charge in [-0.25, -0.2) is 0 Å². The van der Waals surface area contributed by atoms with Crippen molar-refractivity contribution in [2.75, 3.05) is 13.6 Å². The average molecular weight is 185 g/mol. The Labute approximate surface area is 75.4 Å². The molecule has 1 amide bonds. The molecule has 0 aromatic rings. The van der Waals surface area contributed by atoms with Gasteiger partial charge in [0.1, 0.15) is 0 Å². The van der Waals surface area contributed by atoms with Gasteiger partial charge in [-0.2, -0.15) is 0 Å². The maximum absolute atomic E-state index is 10.4. The van der Waals surface area contributed by atoms with Gasteiger partial charge in [0.2, 0.25) is 5.91 Å². The Bertz CT molecular complexity index is 249. The van der Waals surface area contributed by atoms with E-state index in [4.69, 9.17) is 10.2 Å². The van der Waals surface area contributed by atoms with Crippen molar-refractivity contribution in [3.8, 4) is 0 Å². The molecule has 1 heterocycles. The second kappa shape index (κ2) is 5.02. The first-order valence-electron chi connectivity index (χ1n) is 3.52. The van der Waals surface area contributed by atoms with Gasteiger partial charge in [-0.3, -0.25) is 25.1 Å². The highest BCUT2D eigenvalue weighted by Crippen LogP contribution is 1.89. The van der Waals surface area contributed by atoms with Crippen molar-refractivity contribution >= 4 is 23.9 Å². The molecule has 0 unspecified atom stereocenters. The summed E-state index contributed by atoms with van der Waals surface area (Å²) >= 11 is 0. The molecule has 1 aliphatic rings. The molecule has 0 atom stereocenters. The summed E-state index contributed by atoms with van der Waals surface area (Å²) in [5, 5.41) is 9.32. The highest BCUT2D eigenvalue weighted by atomic mass is 16.2. The number of hydrogen-bond acceptors (Lipinski definition) is 4. The second-order valence-corrected chi connectivity index (χ2v) is 2.48. The summed E-state index contributed by atoms with van der Waals surface area (Å²) in [5.74, 6) is -0.336. The van der Waals surface area contributed by atoms with Gasteiger partial charge in [-0.1, -0.05) is 0 Å². The predicted molar refractivity (Wildman–Crippen MR) is 45.2 cm³/mol. The van der Waals surface area contributed by atoms with Gasteiger partial charge in [0.25, 0.3) is 0 Å². The van der Waals surface area contributed by atoms with E-state index in [-0.39, 0.29) is 18.2 Å². The van der Waals surface area contributed by atoms with E-state index in [1.807, 2.05) is 0 Å². The fourth-order valence-corrected chi connectivity index (χ4v) is 0.561. The number of amides is 1. The minimum absolute atomic E-state index is 0.0995. The molecule has 6 heteroatoms. The smallest absolute Gasteiger partial charge is 0.246 e. The number of Topliss-reactive ketones (excluding diaryl/α,β-unsaturated/α-hetero) is 1. The van der Waals surface area contributed by atoms with Gasteiger partial charge in [0.15, 0.2) is 18.0 Å². The first-order chi connectivity index (χ1) is 5.97. The van der Waals surface area contributed by atoms with E-state index in [0.29, 0.717) is 6.54 Å². The summed E-state index contributed by atoms with van der Waals surface area (Å²) in [5.41, 5.74) is 0. The molecule has 6 nitrogen and oxygen atoms in total. The molecule has 0 saturated carbocycles. The number of guanidine groups is 1. The van der Waals surface area contributed by atoms with E-state index >= 15 is 0 Å². The van der Waals surface area contributed by atoms with E-state index in [9.17, 15) is 9.59 Å². The molecule has 0 spiro atoms. The first-order valence-corrected chi connectivity index (χ1v) is 3.52. The highest BCUT2D eigenvalue weighted by Gasteiger charge is 2.18. The molecule has 0 radical (unpaired) electrons. The third kappa shape index (κ3) is 4.67. The molecule has 2 N–H and O–H groups in total. The Morgan fingerprint density at radius 3 is 2.23 bits per heavy atom. The average Bonchev–Trinajstić information content (AvgIpc) is 2.31. The standard InChI is InChI=1S/C4H7N3O.C3H4O2/c1-7-2-3(8)6-4(7)5;1-3(5)2-4/h2H2,1H3,(H2,5,6,8);2H,1H3. The van der Waals surface area contributed by atoms with Gasteiger partial charge < -0.3 is 4.90 Å². The number of carbonyl (C=O) groups excluding carboxylic acids is 3. The van der Waals surface area contributed by atoms with Crippen LogP contribution in [-0.4, -0.2) is 42.4 Å². The van der Waals surface area contributed by atoms with Crippen molar-refractivity contribution in [1.82, 2.24) is 10.2 Å². The summed E-state index contributed by atoms with van der Waals surface area (Å²) in [6, 6.07) is 0. The molecule has 72 valence electrons. The zero-order valence-corrected chi connectivity index (χ0v) is 7.46. The Morgan fingerprint density at radius 2 is 2.15 bits per heavy atom. The lowest BCUT2D eigenvalue weighted by Crippen LogP contribution is -2.25. The number of rotatable bonds is 1. The number of nitrogens with zero attached hydrogens (tertiary/aromatic N) is 1. The molecule has 0 bridgehead atoms. The largest absolute Gasteiger partial charge is 0.337 e. The van der Waals surface area contributed by atoms with Gasteiger partial charge >= 0.3 is 0 Å². The van der Waals surface area contributed by atoms with Crippen LogP contribution in [0.2, 0.25) is 0 Å². The molecule has 1 rings (SSSR count). The molecule has 1 aliphatic heterocycles. The lowest BCUT2D eigenvalue weighted by atomic mass is 10.5. The normalized spacial score (nSPS) is 14.5. The van der Waals surface area contributed by atoms with Crippen LogP contribution in [-0.2, 0) is 14.4 Å². The summed E-state index contributed by atoms with van der Waals surface area (Å²) < 4.78 is 0. The minimum Gasteiger partial charge on any atom is -0.337 e. The predicted octanol–water partition coefficient (Wildman–Crippen LogP) is -1.24. The minimum atomic E-state index is -0.426. The Morgan fingerprint density at radius 1 is 1.69 bits per heavy atom. The molecular formula is C7H11N3O3. The van der Waals surface area contributed by atoms with Gasteiger partial charge in [-0.05, 0) is 0 Å². The fraction of sp³-hybridized carbons (Fsp3) is 0.429. The van der Waals surface area contributed by atoms with Crippen molar-refractivity contribution in [2.24, 2.45) is 0 Å². The van der Waals surface area contributed by atoms with Gasteiger partial charge in [-0.15, -0.1) is 0 Å². The van der Waals surface area contributed by atoms with Crippen molar-refractivity contribution in [3.63, 3.8) is 0 Å². The SMILES string of the molecule is CC(=O)C=O.CN1CC(=O)NC1=N. The molecular weight excluding hydrogens is 174 g/mol. The molecule has 0 aromatic carbocycles. The summed E-state index contributed by atoms with van der Waals surface area (Å²) in [6.07, 6.45) is 0.278. The topological polar surface area (TPSA) is 90.3 Å². The Balaban J connectivity index is 0.000000252. The molecule has 0 aromatic heterocycles. The molecule has 1 fully saturated rings. The number of nitrogens with one attached hydrogen (secondary N) is 2. The van der Waals surface area contributed by atoms with Crippen LogP contribution in [0, 0.1) is 5.41 Å². The van der Waals surface area contributed by atoms with Crippen LogP contribution in [0.25, 0.3) is 0 Å². The third-order valence-electron chi connectivity index (χ3n) is 1.19. The van der Waals surface area contributed by atoms with E-state index < -0.39 is 5.78 Å². The summed E-state index contributed by atoms with van der Waals surface area (Å²) in [6.45, 7) is 1.53. The summed E-state index contributed by atoms with van der Waals surface area (Å²) in [7, 11) is 1.69.